The van der Waals surface area contributed by atoms with E-state index in [-0.39, 0.29) is 29.5 Å². The minimum Gasteiger partial charge on any atom is -0.414 e. The molecule has 1 fully saturated rings. The maximum Gasteiger partial charge on any atom is 0.460 e. The van der Waals surface area contributed by atoms with Crippen LogP contribution in [0.1, 0.15) is 68.7 Å². The van der Waals surface area contributed by atoms with Crippen LogP contribution in [-0.2, 0) is 13.7 Å². The summed E-state index contributed by atoms with van der Waals surface area (Å²) in [6.45, 7) is 24.3. The highest BCUT2D eigenvalue weighted by atomic mass is 28.4. The fraction of sp³-hybridized carbons (Fsp3) is 1.00. The highest BCUT2D eigenvalue weighted by Crippen LogP contribution is 2.42. The summed E-state index contributed by atoms with van der Waals surface area (Å²) in [4.78, 5) is 0. The third-order valence-electron chi connectivity index (χ3n) is 5.74. The van der Waals surface area contributed by atoms with Crippen molar-refractivity contribution in [2.45, 2.75) is 110 Å². The van der Waals surface area contributed by atoms with E-state index >= 15 is 0 Å². The van der Waals surface area contributed by atoms with E-state index in [1.54, 1.807) is 0 Å². The lowest BCUT2D eigenvalue weighted by Crippen LogP contribution is -2.43. The fourth-order valence-corrected chi connectivity index (χ4v) is 3.94. The van der Waals surface area contributed by atoms with Gasteiger partial charge in [-0.1, -0.05) is 27.7 Å². The third-order valence-corrected chi connectivity index (χ3v) is 10.3. The summed E-state index contributed by atoms with van der Waals surface area (Å²) in [6.07, 6.45) is 1.19. The van der Waals surface area contributed by atoms with Crippen molar-refractivity contribution in [3.63, 3.8) is 0 Å². The minimum atomic E-state index is -1.71. The standard InChI is InChI=1S/C17H37BO3Si/c1-13(18-20-16(6,7)17(8,9)21-18)12-14(2)19-22(10,11)15(3,4)5/h13-14H,12H2,1-11H3/t13-,14+/m0/s1. The lowest BCUT2D eigenvalue weighted by molar-refractivity contribution is 0.00578. The predicted molar refractivity (Wildman–Crippen MR) is 97.9 cm³/mol. The normalized spacial score (nSPS) is 24.4. The Bertz CT molecular complexity index is 372. The van der Waals surface area contributed by atoms with Crippen LogP contribution in [0.2, 0.25) is 23.9 Å². The molecule has 1 saturated heterocycles. The molecule has 1 aliphatic heterocycles. The Morgan fingerprint density at radius 2 is 1.41 bits per heavy atom. The smallest absolute Gasteiger partial charge is 0.414 e. The Hall–Kier alpha value is 0.162. The lowest BCUT2D eigenvalue weighted by Gasteiger charge is -2.39. The zero-order valence-electron chi connectivity index (χ0n) is 16.7. The van der Waals surface area contributed by atoms with Gasteiger partial charge < -0.3 is 13.7 Å². The average molecular weight is 328 g/mol. The SMILES string of the molecule is C[C@H](C[C@H](C)B1OC(C)(C)C(C)(C)O1)O[Si](C)(C)C(C)(C)C. The van der Waals surface area contributed by atoms with Crippen LogP contribution in [0.15, 0.2) is 0 Å². The first-order valence-corrected chi connectivity index (χ1v) is 11.5. The first kappa shape index (κ1) is 20.2. The maximum atomic E-state index is 6.46. The van der Waals surface area contributed by atoms with E-state index in [0.717, 1.165) is 6.42 Å². The second-order valence-corrected chi connectivity index (χ2v) is 14.3. The monoisotopic (exact) mass is 328 g/mol. The van der Waals surface area contributed by atoms with Gasteiger partial charge in [-0.25, -0.2) is 0 Å². The van der Waals surface area contributed by atoms with E-state index in [0.29, 0.717) is 5.82 Å². The third kappa shape index (κ3) is 4.37. The van der Waals surface area contributed by atoms with Gasteiger partial charge >= 0.3 is 7.12 Å². The summed E-state index contributed by atoms with van der Waals surface area (Å²) in [5.74, 6) is 0.320. The van der Waals surface area contributed by atoms with Crippen molar-refractivity contribution in [3.05, 3.63) is 0 Å². The van der Waals surface area contributed by atoms with Crippen LogP contribution >= 0.6 is 0 Å². The number of hydrogen-bond donors (Lipinski definition) is 0. The quantitative estimate of drug-likeness (QED) is 0.644. The van der Waals surface area contributed by atoms with Crippen molar-refractivity contribution in [1.29, 1.82) is 0 Å². The number of hydrogen-bond acceptors (Lipinski definition) is 3. The van der Waals surface area contributed by atoms with Crippen LogP contribution in [-0.4, -0.2) is 32.7 Å². The van der Waals surface area contributed by atoms with E-state index in [2.05, 4.69) is 75.4 Å². The molecule has 0 bridgehead atoms. The molecule has 1 rings (SSSR count). The molecule has 0 amide bonds. The van der Waals surface area contributed by atoms with E-state index in [4.69, 9.17) is 13.7 Å². The first-order chi connectivity index (χ1) is 9.59. The van der Waals surface area contributed by atoms with Crippen LogP contribution in [0.4, 0.5) is 0 Å². The summed E-state index contributed by atoms with van der Waals surface area (Å²) in [6, 6.07) is 0. The molecular formula is C17H37BO3Si. The molecule has 0 aromatic heterocycles. The van der Waals surface area contributed by atoms with Gasteiger partial charge in [-0.3, -0.25) is 0 Å². The first-order valence-electron chi connectivity index (χ1n) is 8.62. The zero-order valence-corrected chi connectivity index (χ0v) is 17.7. The Balaban J connectivity index is 2.61. The molecule has 2 atom stereocenters. The van der Waals surface area contributed by atoms with Crippen molar-refractivity contribution < 1.29 is 13.7 Å². The lowest BCUT2D eigenvalue weighted by atomic mass is 9.70. The van der Waals surface area contributed by atoms with Crippen LogP contribution in [0.25, 0.3) is 0 Å². The predicted octanol–water partition coefficient (Wildman–Crippen LogP) is 5.27. The van der Waals surface area contributed by atoms with Gasteiger partial charge in [0.1, 0.15) is 0 Å². The van der Waals surface area contributed by atoms with Crippen LogP contribution in [0.3, 0.4) is 0 Å². The average Bonchev–Trinajstić information content (AvgIpc) is 2.45. The van der Waals surface area contributed by atoms with Gasteiger partial charge in [0, 0.05) is 6.10 Å². The highest BCUT2D eigenvalue weighted by molar-refractivity contribution is 6.74. The van der Waals surface area contributed by atoms with Crippen LogP contribution < -0.4 is 0 Å². The van der Waals surface area contributed by atoms with Gasteiger partial charge in [-0.05, 0) is 65.0 Å². The largest absolute Gasteiger partial charge is 0.460 e. The Kier molecular flexibility index (Phi) is 5.72. The summed E-state index contributed by atoms with van der Waals surface area (Å²) in [5, 5.41) is 0.245. The van der Waals surface area contributed by atoms with E-state index in [9.17, 15) is 0 Å². The van der Waals surface area contributed by atoms with Gasteiger partial charge in [0.25, 0.3) is 0 Å². The van der Waals surface area contributed by atoms with E-state index in [1.165, 1.54) is 0 Å². The van der Waals surface area contributed by atoms with Crippen molar-refractivity contribution >= 4 is 15.4 Å². The van der Waals surface area contributed by atoms with Crippen molar-refractivity contribution in [3.8, 4) is 0 Å². The summed E-state index contributed by atoms with van der Waals surface area (Å²) in [7, 11) is -1.86. The molecule has 130 valence electrons. The Morgan fingerprint density at radius 1 is 1.00 bits per heavy atom. The fourth-order valence-electron chi connectivity index (χ4n) is 2.48. The Labute approximate surface area is 139 Å². The summed E-state index contributed by atoms with van der Waals surface area (Å²) >= 11 is 0. The van der Waals surface area contributed by atoms with E-state index in [1.807, 2.05) is 0 Å². The van der Waals surface area contributed by atoms with Crippen molar-refractivity contribution in [2.24, 2.45) is 0 Å². The topological polar surface area (TPSA) is 27.7 Å². The van der Waals surface area contributed by atoms with Crippen LogP contribution in [0.5, 0.6) is 0 Å². The molecule has 22 heavy (non-hydrogen) atoms. The maximum absolute atomic E-state index is 6.46. The molecule has 0 aliphatic carbocycles. The molecule has 0 radical (unpaired) electrons. The molecule has 0 unspecified atom stereocenters. The van der Waals surface area contributed by atoms with Gasteiger partial charge in [-0.15, -0.1) is 0 Å². The molecule has 0 N–H and O–H groups in total. The van der Waals surface area contributed by atoms with Crippen molar-refractivity contribution in [1.82, 2.24) is 0 Å². The molecule has 3 nitrogen and oxygen atoms in total. The Morgan fingerprint density at radius 3 is 1.77 bits per heavy atom. The minimum absolute atomic E-state index is 0.143. The summed E-state index contributed by atoms with van der Waals surface area (Å²) < 4.78 is 18.8. The molecule has 0 aromatic carbocycles. The van der Waals surface area contributed by atoms with Crippen molar-refractivity contribution in [2.75, 3.05) is 0 Å². The van der Waals surface area contributed by atoms with Gasteiger partial charge in [0.05, 0.1) is 11.2 Å². The van der Waals surface area contributed by atoms with E-state index < -0.39 is 8.32 Å². The second-order valence-electron chi connectivity index (χ2n) is 9.53. The molecule has 0 saturated carbocycles. The number of rotatable bonds is 5. The molecule has 0 spiro atoms. The molecule has 1 heterocycles. The van der Waals surface area contributed by atoms with Gasteiger partial charge in [0.2, 0.25) is 0 Å². The van der Waals surface area contributed by atoms with Crippen LogP contribution in [0, 0.1) is 0 Å². The second kappa shape index (κ2) is 6.23. The molecular weight excluding hydrogens is 291 g/mol. The van der Waals surface area contributed by atoms with Gasteiger partial charge in [0.15, 0.2) is 8.32 Å². The highest BCUT2D eigenvalue weighted by Gasteiger charge is 2.53. The molecule has 0 aromatic rings. The zero-order chi connectivity index (χ0) is 17.6. The molecule has 1 aliphatic rings. The molecule has 5 heteroatoms. The summed E-state index contributed by atoms with van der Waals surface area (Å²) in [5.41, 5.74) is -0.509. The van der Waals surface area contributed by atoms with Gasteiger partial charge in [-0.2, -0.15) is 0 Å².